The zero-order valence-electron chi connectivity index (χ0n) is 17.2. The molecule has 3 rings (SSSR count). The molecular formula is C23H19BrCl2N2O4. The third-order valence-corrected chi connectivity index (χ3v) is 5.99. The van der Waals surface area contributed by atoms with Gasteiger partial charge in [0.15, 0.2) is 0 Å². The summed E-state index contributed by atoms with van der Waals surface area (Å²) < 4.78 is 17.5. The van der Waals surface area contributed by atoms with Crippen molar-refractivity contribution in [1.29, 1.82) is 5.26 Å². The van der Waals surface area contributed by atoms with Crippen LogP contribution in [0.2, 0.25) is 10.0 Å². The lowest BCUT2D eigenvalue weighted by Crippen LogP contribution is -2.26. The number of nitrogens with zero attached hydrogens (tertiary/aromatic N) is 1. The molecule has 9 heteroatoms. The summed E-state index contributed by atoms with van der Waals surface area (Å²) in [6.45, 7) is 3.66. The Bertz CT molecular complexity index is 1170. The van der Waals surface area contributed by atoms with Crippen LogP contribution < -0.4 is 10.5 Å². The van der Waals surface area contributed by atoms with E-state index in [2.05, 4.69) is 22.0 Å². The number of ether oxygens (including phenoxy) is 3. The van der Waals surface area contributed by atoms with Crippen LogP contribution in [-0.4, -0.2) is 12.6 Å². The Morgan fingerprint density at radius 2 is 2.00 bits per heavy atom. The van der Waals surface area contributed by atoms with E-state index in [1.54, 1.807) is 50.2 Å². The van der Waals surface area contributed by atoms with Crippen LogP contribution >= 0.6 is 39.1 Å². The predicted molar refractivity (Wildman–Crippen MR) is 125 cm³/mol. The molecule has 1 unspecified atom stereocenters. The van der Waals surface area contributed by atoms with Crippen LogP contribution in [0.4, 0.5) is 0 Å². The SMILES string of the molecule is CCOC(=O)C1=C(C)OC(N)=C(C#N)C1c1cc(Br)ccc1OCc1ccc(Cl)c(Cl)c1. The summed E-state index contributed by atoms with van der Waals surface area (Å²) in [5.74, 6) is -0.764. The molecule has 1 aliphatic rings. The maximum atomic E-state index is 12.8. The summed E-state index contributed by atoms with van der Waals surface area (Å²) in [6, 6.07) is 12.6. The lowest BCUT2D eigenvalue weighted by atomic mass is 9.82. The van der Waals surface area contributed by atoms with E-state index in [-0.39, 0.29) is 36.0 Å². The monoisotopic (exact) mass is 536 g/mol. The molecule has 0 aliphatic carbocycles. The quantitative estimate of drug-likeness (QED) is 0.455. The lowest BCUT2D eigenvalue weighted by Gasteiger charge is -2.28. The predicted octanol–water partition coefficient (Wildman–Crippen LogP) is 5.98. The smallest absolute Gasteiger partial charge is 0.338 e. The number of allylic oxidation sites excluding steroid dienone is 2. The van der Waals surface area contributed by atoms with Gasteiger partial charge in [0.2, 0.25) is 5.88 Å². The number of esters is 1. The van der Waals surface area contributed by atoms with Gasteiger partial charge in [0.05, 0.1) is 28.1 Å². The molecule has 0 saturated carbocycles. The minimum Gasteiger partial charge on any atom is -0.489 e. The fraction of sp³-hybridized carbons (Fsp3) is 0.217. The zero-order valence-corrected chi connectivity index (χ0v) is 20.3. The van der Waals surface area contributed by atoms with Crippen LogP contribution in [0.15, 0.2) is 63.7 Å². The van der Waals surface area contributed by atoms with E-state index in [1.807, 2.05) is 0 Å². The van der Waals surface area contributed by atoms with Gasteiger partial charge in [0.1, 0.15) is 29.8 Å². The number of hydrogen-bond acceptors (Lipinski definition) is 6. The Morgan fingerprint density at radius 3 is 2.66 bits per heavy atom. The van der Waals surface area contributed by atoms with E-state index in [0.29, 0.717) is 21.4 Å². The van der Waals surface area contributed by atoms with E-state index < -0.39 is 11.9 Å². The van der Waals surface area contributed by atoms with Crippen LogP contribution in [0.3, 0.4) is 0 Å². The number of halogens is 3. The highest BCUT2D eigenvalue weighted by Crippen LogP contribution is 2.44. The molecule has 0 fully saturated rings. The molecule has 2 aromatic carbocycles. The Hall–Kier alpha value is -2.66. The molecule has 0 bridgehead atoms. The van der Waals surface area contributed by atoms with Gasteiger partial charge in [-0.2, -0.15) is 5.26 Å². The van der Waals surface area contributed by atoms with E-state index in [9.17, 15) is 10.1 Å². The fourth-order valence-electron chi connectivity index (χ4n) is 3.33. The molecule has 1 heterocycles. The number of benzene rings is 2. The third-order valence-electron chi connectivity index (χ3n) is 4.76. The summed E-state index contributed by atoms with van der Waals surface area (Å²) in [5, 5.41) is 10.7. The Labute approximate surface area is 204 Å². The number of carbonyl (C=O) groups excluding carboxylic acids is 1. The van der Waals surface area contributed by atoms with Gasteiger partial charge in [-0.15, -0.1) is 0 Å². The number of nitrogens with two attached hydrogens (primary N) is 1. The van der Waals surface area contributed by atoms with Gasteiger partial charge in [-0.25, -0.2) is 4.79 Å². The summed E-state index contributed by atoms with van der Waals surface area (Å²) in [4.78, 5) is 12.8. The van der Waals surface area contributed by atoms with Crippen molar-refractivity contribution < 1.29 is 19.0 Å². The Morgan fingerprint density at radius 1 is 1.25 bits per heavy atom. The van der Waals surface area contributed by atoms with Crippen molar-refractivity contribution >= 4 is 45.1 Å². The third kappa shape index (κ3) is 5.04. The number of hydrogen-bond donors (Lipinski definition) is 1. The highest BCUT2D eigenvalue weighted by Gasteiger charge is 2.38. The van der Waals surface area contributed by atoms with E-state index in [1.165, 1.54) is 0 Å². The Kier molecular flexibility index (Phi) is 7.73. The van der Waals surface area contributed by atoms with Crippen molar-refractivity contribution in [2.24, 2.45) is 5.73 Å². The number of rotatable bonds is 6. The molecule has 0 radical (unpaired) electrons. The Balaban J connectivity index is 2.07. The molecule has 0 spiro atoms. The average Bonchev–Trinajstić information content (AvgIpc) is 2.74. The van der Waals surface area contributed by atoms with Crippen molar-refractivity contribution in [3.8, 4) is 11.8 Å². The molecule has 6 nitrogen and oxygen atoms in total. The van der Waals surface area contributed by atoms with Gasteiger partial charge in [-0.1, -0.05) is 45.2 Å². The number of nitriles is 1. The van der Waals surface area contributed by atoms with Gasteiger partial charge < -0.3 is 19.9 Å². The zero-order chi connectivity index (χ0) is 23.4. The van der Waals surface area contributed by atoms with E-state index >= 15 is 0 Å². The van der Waals surface area contributed by atoms with Crippen LogP contribution in [0.25, 0.3) is 0 Å². The van der Waals surface area contributed by atoms with Gasteiger partial charge in [-0.3, -0.25) is 0 Å². The van der Waals surface area contributed by atoms with Crippen LogP contribution in [0, 0.1) is 11.3 Å². The second-order valence-electron chi connectivity index (χ2n) is 6.83. The highest BCUT2D eigenvalue weighted by atomic mass is 79.9. The minimum absolute atomic E-state index is 0.0709. The molecular weight excluding hydrogens is 519 g/mol. The van der Waals surface area contributed by atoms with Crippen molar-refractivity contribution in [2.75, 3.05) is 6.61 Å². The van der Waals surface area contributed by atoms with Crippen molar-refractivity contribution in [3.05, 3.63) is 84.8 Å². The minimum atomic E-state index is -0.825. The molecule has 166 valence electrons. The van der Waals surface area contributed by atoms with Crippen molar-refractivity contribution in [2.45, 2.75) is 26.4 Å². The largest absolute Gasteiger partial charge is 0.489 e. The average molecular weight is 538 g/mol. The molecule has 0 amide bonds. The molecule has 2 N–H and O–H groups in total. The first-order valence-electron chi connectivity index (χ1n) is 9.58. The lowest BCUT2D eigenvalue weighted by molar-refractivity contribution is -0.139. The summed E-state index contributed by atoms with van der Waals surface area (Å²) in [6.07, 6.45) is 0. The van der Waals surface area contributed by atoms with Gasteiger partial charge in [0.25, 0.3) is 0 Å². The second kappa shape index (κ2) is 10.3. The molecule has 0 aromatic heterocycles. The summed E-state index contributed by atoms with van der Waals surface area (Å²) >= 11 is 15.5. The topological polar surface area (TPSA) is 94.6 Å². The second-order valence-corrected chi connectivity index (χ2v) is 8.56. The summed E-state index contributed by atoms with van der Waals surface area (Å²) in [5.41, 5.74) is 7.64. The van der Waals surface area contributed by atoms with Crippen molar-refractivity contribution in [3.63, 3.8) is 0 Å². The summed E-state index contributed by atoms with van der Waals surface area (Å²) in [7, 11) is 0. The van der Waals surface area contributed by atoms with Crippen LogP contribution in [-0.2, 0) is 20.9 Å². The maximum absolute atomic E-state index is 12.8. The van der Waals surface area contributed by atoms with E-state index in [0.717, 1.165) is 10.0 Å². The number of carbonyl (C=O) groups is 1. The van der Waals surface area contributed by atoms with Crippen LogP contribution in [0.1, 0.15) is 30.9 Å². The molecule has 32 heavy (non-hydrogen) atoms. The first-order valence-corrected chi connectivity index (χ1v) is 11.1. The molecule has 2 aromatic rings. The van der Waals surface area contributed by atoms with Crippen LogP contribution in [0.5, 0.6) is 5.75 Å². The van der Waals surface area contributed by atoms with Gasteiger partial charge in [0, 0.05) is 10.0 Å². The highest BCUT2D eigenvalue weighted by molar-refractivity contribution is 9.10. The first-order chi connectivity index (χ1) is 15.3. The maximum Gasteiger partial charge on any atom is 0.338 e. The molecule has 0 saturated heterocycles. The first kappa shape index (κ1) is 24.0. The molecule has 1 atom stereocenters. The van der Waals surface area contributed by atoms with E-state index in [4.69, 9.17) is 43.1 Å². The standard InChI is InChI=1S/C23H19BrCl2N2O4/c1-3-30-23(29)20-12(2)32-22(28)16(10-27)21(20)15-9-14(24)5-7-19(15)31-11-13-4-6-17(25)18(26)8-13/h4-9,21H,3,11,28H2,1-2H3. The van der Waals surface area contributed by atoms with Gasteiger partial charge in [-0.05, 0) is 49.7 Å². The fourth-order valence-corrected chi connectivity index (χ4v) is 4.03. The molecule has 1 aliphatic heterocycles. The van der Waals surface area contributed by atoms with Gasteiger partial charge >= 0.3 is 5.97 Å². The van der Waals surface area contributed by atoms with Crippen molar-refractivity contribution in [1.82, 2.24) is 0 Å². The normalized spacial score (nSPS) is 15.8.